The molecule has 0 aromatic carbocycles. The molecule has 1 saturated carbocycles. The predicted molar refractivity (Wildman–Crippen MR) is 80.2 cm³/mol. The minimum atomic E-state index is 0.473. The second kappa shape index (κ2) is 8.27. The molecule has 0 saturated heterocycles. The van der Waals surface area contributed by atoms with Gasteiger partial charge >= 0.3 is 0 Å². The number of imidazole rings is 1. The van der Waals surface area contributed by atoms with Crippen LogP contribution >= 0.6 is 0 Å². The summed E-state index contributed by atoms with van der Waals surface area (Å²) in [6.45, 7) is 5.08. The van der Waals surface area contributed by atoms with Gasteiger partial charge in [0.15, 0.2) is 0 Å². The minimum absolute atomic E-state index is 0.473. The molecule has 2 rings (SSSR count). The smallest absolute Gasteiger partial charge is 0.203 e. The monoisotopic (exact) mass is 281 g/mol. The number of aryl methyl sites for hydroxylation is 1. The number of ether oxygens (including phenoxy) is 2. The zero-order valence-electron chi connectivity index (χ0n) is 12.7. The van der Waals surface area contributed by atoms with Crippen molar-refractivity contribution < 1.29 is 9.47 Å². The van der Waals surface area contributed by atoms with Crippen molar-refractivity contribution in [2.24, 2.45) is 0 Å². The Hall–Kier alpha value is -1.07. The lowest BCUT2D eigenvalue weighted by molar-refractivity contribution is 0.0347. The van der Waals surface area contributed by atoms with Crippen molar-refractivity contribution in [1.29, 1.82) is 0 Å². The molecule has 1 aromatic rings. The number of nitrogens with one attached hydrogen (secondary N) is 1. The van der Waals surface area contributed by atoms with Crippen LogP contribution in [0.25, 0.3) is 0 Å². The first kappa shape index (κ1) is 15.3. The molecule has 1 heterocycles. The zero-order valence-corrected chi connectivity index (χ0v) is 12.7. The summed E-state index contributed by atoms with van der Waals surface area (Å²) in [5.74, 6) is 0.909. The molecule has 0 spiro atoms. The van der Waals surface area contributed by atoms with E-state index in [1.54, 1.807) is 7.11 Å². The molecule has 0 atom stereocenters. The van der Waals surface area contributed by atoms with Crippen molar-refractivity contribution in [3.05, 3.63) is 11.9 Å². The van der Waals surface area contributed by atoms with Crippen LogP contribution < -0.4 is 5.32 Å². The van der Waals surface area contributed by atoms with Crippen molar-refractivity contribution in [3.8, 4) is 0 Å². The van der Waals surface area contributed by atoms with Crippen molar-refractivity contribution >= 4 is 5.95 Å². The normalized spacial score (nSPS) is 16.5. The highest BCUT2D eigenvalue weighted by Gasteiger charge is 2.13. The Labute approximate surface area is 121 Å². The molecular weight excluding hydrogens is 254 g/mol. The fourth-order valence-corrected chi connectivity index (χ4v) is 2.67. The molecule has 1 aliphatic rings. The van der Waals surface area contributed by atoms with Crippen molar-refractivity contribution in [3.63, 3.8) is 0 Å². The molecule has 0 amide bonds. The van der Waals surface area contributed by atoms with E-state index < -0.39 is 0 Å². The summed E-state index contributed by atoms with van der Waals surface area (Å²) in [5, 5.41) is 3.35. The number of hydrogen-bond acceptors (Lipinski definition) is 4. The molecular formula is C15H27N3O2. The van der Waals surface area contributed by atoms with Crippen LogP contribution in [0.4, 0.5) is 5.95 Å². The van der Waals surface area contributed by atoms with Gasteiger partial charge in [-0.15, -0.1) is 0 Å². The third-order valence-corrected chi connectivity index (χ3v) is 3.72. The van der Waals surface area contributed by atoms with Gasteiger partial charge in [0.25, 0.3) is 0 Å². The van der Waals surface area contributed by atoms with E-state index in [1.165, 1.54) is 32.1 Å². The van der Waals surface area contributed by atoms with E-state index in [0.717, 1.165) is 31.3 Å². The highest BCUT2D eigenvalue weighted by atomic mass is 16.5. The lowest BCUT2D eigenvalue weighted by Gasteiger charge is -2.22. The lowest BCUT2D eigenvalue weighted by Crippen LogP contribution is -2.21. The van der Waals surface area contributed by atoms with E-state index in [2.05, 4.69) is 14.9 Å². The van der Waals surface area contributed by atoms with Crippen LogP contribution in [0.15, 0.2) is 6.20 Å². The standard InChI is InChI=1S/C15H27N3O2/c1-13-12-18(9-11-19-2)15(17-13)16-8-10-20-14-6-4-3-5-7-14/h12,14H,3-11H2,1-2H3,(H,16,17). The number of aromatic nitrogens is 2. The average molecular weight is 281 g/mol. The summed E-state index contributed by atoms with van der Waals surface area (Å²) < 4.78 is 13.1. The Morgan fingerprint density at radius 1 is 1.30 bits per heavy atom. The van der Waals surface area contributed by atoms with Gasteiger partial charge < -0.3 is 19.4 Å². The molecule has 1 N–H and O–H groups in total. The van der Waals surface area contributed by atoms with Gasteiger partial charge in [-0.25, -0.2) is 4.98 Å². The molecule has 0 unspecified atom stereocenters. The lowest BCUT2D eigenvalue weighted by atomic mass is 9.98. The molecule has 0 radical (unpaired) electrons. The molecule has 1 aromatic heterocycles. The Kier molecular flexibility index (Phi) is 6.33. The Bertz CT molecular complexity index is 386. The fraction of sp³-hybridized carbons (Fsp3) is 0.800. The Morgan fingerprint density at radius 2 is 2.10 bits per heavy atom. The van der Waals surface area contributed by atoms with E-state index in [4.69, 9.17) is 9.47 Å². The summed E-state index contributed by atoms with van der Waals surface area (Å²) in [6, 6.07) is 0. The third-order valence-electron chi connectivity index (χ3n) is 3.72. The molecule has 5 nitrogen and oxygen atoms in total. The van der Waals surface area contributed by atoms with E-state index in [0.29, 0.717) is 12.7 Å². The zero-order chi connectivity index (χ0) is 14.2. The van der Waals surface area contributed by atoms with E-state index in [-0.39, 0.29) is 0 Å². The van der Waals surface area contributed by atoms with E-state index in [1.807, 2.05) is 13.1 Å². The largest absolute Gasteiger partial charge is 0.383 e. The first-order valence-electron chi connectivity index (χ1n) is 7.68. The molecule has 5 heteroatoms. The van der Waals surface area contributed by atoms with Crippen LogP contribution in [0.1, 0.15) is 37.8 Å². The van der Waals surface area contributed by atoms with Gasteiger partial charge in [-0.05, 0) is 19.8 Å². The van der Waals surface area contributed by atoms with E-state index in [9.17, 15) is 0 Å². The van der Waals surface area contributed by atoms with Gasteiger partial charge in [0.2, 0.25) is 5.95 Å². The highest BCUT2D eigenvalue weighted by molar-refractivity contribution is 5.28. The van der Waals surface area contributed by atoms with Gasteiger partial charge in [0.05, 0.1) is 25.0 Å². The Morgan fingerprint density at radius 3 is 2.85 bits per heavy atom. The quantitative estimate of drug-likeness (QED) is 0.744. The van der Waals surface area contributed by atoms with Crippen LogP contribution in [0.3, 0.4) is 0 Å². The number of methoxy groups -OCH3 is 1. The van der Waals surface area contributed by atoms with Crippen LogP contribution in [-0.4, -0.2) is 42.5 Å². The van der Waals surface area contributed by atoms with Gasteiger partial charge in [0, 0.05) is 26.4 Å². The number of anilines is 1. The van der Waals surface area contributed by atoms with Gasteiger partial charge in [-0.2, -0.15) is 0 Å². The Balaban J connectivity index is 1.70. The number of nitrogens with zero attached hydrogens (tertiary/aromatic N) is 2. The molecule has 1 fully saturated rings. The maximum absolute atomic E-state index is 5.91. The number of hydrogen-bond donors (Lipinski definition) is 1. The van der Waals surface area contributed by atoms with Crippen molar-refractivity contribution in [1.82, 2.24) is 9.55 Å². The van der Waals surface area contributed by atoms with Crippen LogP contribution in [0, 0.1) is 6.92 Å². The first-order chi connectivity index (χ1) is 9.79. The third kappa shape index (κ3) is 4.80. The van der Waals surface area contributed by atoms with Gasteiger partial charge in [-0.1, -0.05) is 19.3 Å². The van der Waals surface area contributed by atoms with Gasteiger partial charge in [-0.3, -0.25) is 0 Å². The highest BCUT2D eigenvalue weighted by Crippen LogP contribution is 2.20. The molecule has 1 aliphatic carbocycles. The minimum Gasteiger partial charge on any atom is -0.383 e. The fourth-order valence-electron chi connectivity index (χ4n) is 2.67. The molecule has 20 heavy (non-hydrogen) atoms. The first-order valence-corrected chi connectivity index (χ1v) is 7.68. The molecule has 114 valence electrons. The molecule has 0 aliphatic heterocycles. The maximum Gasteiger partial charge on any atom is 0.203 e. The van der Waals surface area contributed by atoms with Crippen molar-refractivity contribution in [2.75, 3.05) is 32.2 Å². The van der Waals surface area contributed by atoms with Gasteiger partial charge in [0.1, 0.15) is 0 Å². The summed E-state index contributed by atoms with van der Waals surface area (Å²) in [6.07, 6.45) is 8.97. The van der Waals surface area contributed by atoms with Crippen LogP contribution in [0.5, 0.6) is 0 Å². The summed E-state index contributed by atoms with van der Waals surface area (Å²) in [4.78, 5) is 4.49. The second-order valence-corrected chi connectivity index (χ2v) is 5.45. The topological polar surface area (TPSA) is 48.3 Å². The van der Waals surface area contributed by atoms with Crippen LogP contribution in [-0.2, 0) is 16.0 Å². The van der Waals surface area contributed by atoms with Crippen molar-refractivity contribution in [2.45, 2.75) is 51.7 Å². The SMILES string of the molecule is COCCn1cc(C)nc1NCCOC1CCCCC1. The van der Waals surface area contributed by atoms with Crippen LogP contribution in [0.2, 0.25) is 0 Å². The van der Waals surface area contributed by atoms with E-state index >= 15 is 0 Å². The summed E-state index contributed by atoms with van der Waals surface area (Å²) >= 11 is 0. The predicted octanol–water partition coefficient (Wildman–Crippen LogP) is 2.60. The summed E-state index contributed by atoms with van der Waals surface area (Å²) in [5.41, 5.74) is 1.02. The second-order valence-electron chi connectivity index (χ2n) is 5.45. The molecule has 0 bridgehead atoms. The number of rotatable bonds is 8. The summed E-state index contributed by atoms with van der Waals surface area (Å²) in [7, 11) is 1.72. The maximum atomic E-state index is 5.91. The average Bonchev–Trinajstić information content (AvgIpc) is 2.82.